The average Bonchev–Trinajstić information content (AvgIpc) is 2.17. The summed E-state index contributed by atoms with van der Waals surface area (Å²) in [4.78, 5) is 10.5. The van der Waals surface area contributed by atoms with E-state index in [1.807, 2.05) is 12.1 Å². The van der Waals surface area contributed by atoms with Crippen LogP contribution >= 0.6 is 0 Å². The van der Waals surface area contributed by atoms with Crippen LogP contribution in [0.1, 0.15) is 31.1 Å². The van der Waals surface area contributed by atoms with E-state index in [2.05, 4.69) is 27.3 Å². The largest absolute Gasteiger partial charge is 0.544 e. The van der Waals surface area contributed by atoms with Gasteiger partial charge in [0.25, 0.3) is 0 Å². The summed E-state index contributed by atoms with van der Waals surface area (Å²) in [6.07, 6.45) is 0.839. The molecule has 0 bridgehead atoms. The predicted octanol–water partition coefficient (Wildman–Crippen LogP) is 3.30. The molecule has 0 atom stereocenters. The first-order valence-corrected chi connectivity index (χ1v) is 6.91. The highest BCUT2D eigenvalue weighted by Crippen LogP contribution is 2.28. The van der Waals surface area contributed by atoms with Crippen LogP contribution in [0.3, 0.4) is 0 Å². The van der Waals surface area contributed by atoms with Crippen LogP contribution in [0, 0.1) is 0 Å². The Hall–Kier alpha value is -1.09. The number of carbonyl (C=O) groups excluding carboxylic acids is 1. The van der Waals surface area contributed by atoms with Gasteiger partial charge in [-0.3, -0.25) is 4.79 Å². The molecule has 15 heavy (non-hydrogen) atoms. The Morgan fingerprint density at radius 3 is 2.13 bits per heavy atom. The molecule has 3 heteroatoms. The first kappa shape index (κ1) is 12.0. The maximum atomic E-state index is 10.5. The topological polar surface area (TPSA) is 26.3 Å². The molecule has 0 unspecified atom stereocenters. The van der Waals surface area contributed by atoms with E-state index in [0.29, 0.717) is 5.56 Å². The molecule has 0 saturated heterocycles. The number of hydrogen-bond acceptors (Lipinski definition) is 2. The van der Waals surface area contributed by atoms with Gasteiger partial charge < -0.3 is 4.43 Å². The van der Waals surface area contributed by atoms with Crippen LogP contribution in [-0.2, 0) is 0 Å². The Kier molecular flexibility index (Phi) is 3.69. The van der Waals surface area contributed by atoms with Crippen molar-refractivity contribution in [3.05, 3.63) is 29.8 Å². The third kappa shape index (κ3) is 3.51. The zero-order valence-corrected chi connectivity index (χ0v) is 10.7. The van der Waals surface area contributed by atoms with Crippen LogP contribution < -0.4 is 4.43 Å². The Morgan fingerprint density at radius 1 is 1.20 bits per heavy atom. The van der Waals surface area contributed by atoms with Gasteiger partial charge in [0.15, 0.2) is 5.75 Å². The Labute approximate surface area is 93.0 Å². The van der Waals surface area contributed by atoms with Gasteiger partial charge in [0.2, 0.25) is 0 Å². The number of rotatable bonds is 3. The van der Waals surface area contributed by atoms with E-state index in [1.54, 1.807) is 12.1 Å². The zero-order chi connectivity index (χ0) is 11.5. The fourth-order valence-corrected chi connectivity index (χ4v) is 1.74. The molecule has 0 aliphatic carbocycles. The molecule has 0 heterocycles. The summed E-state index contributed by atoms with van der Waals surface area (Å²) in [5.41, 5.74) is 0.683. The molecule has 80 valence electrons. The molecule has 0 aliphatic heterocycles. The van der Waals surface area contributed by atoms with E-state index in [-0.39, 0.29) is 5.04 Å². The van der Waals surface area contributed by atoms with Crippen LogP contribution in [0.2, 0.25) is 11.6 Å². The number of benzene rings is 1. The third-order valence-electron chi connectivity index (χ3n) is 2.34. The predicted molar refractivity (Wildman–Crippen MR) is 63.8 cm³/mol. The van der Waals surface area contributed by atoms with Gasteiger partial charge in [0.05, 0.1) is 6.55 Å². The van der Waals surface area contributed by atoms with Gasteiger partial charge in [-0.1, -0.05) is 0 Å². The standard InChI is InChI=1S/C12H17O2Si/c1-12(2,3)15(4)14-11-7-5-10(9-13)6-8-11/h5-9H,1-4H3/q+1. The fourth-order valence-electron chi connectivity index (χ4n) is 0.944. The van der Waals surface area contributed by atoms with E-state index >= 15 is 0 Å². The highest BCUT2D eigenvalue weighted by atomic mass is 28.3. The number of hydrogen-bond donors (Lipinski definition) is 0. The number of carbonyl (C=O) groups is 1. The van der Waals surface area contributed by atoms with Gasteiger partial charge in [-0.15, -0.1) is 0 Å². The van der Waals surface area contributed by atoms with Crippen LogP contribution in [0.25, 0.3) is 0 Å². The molecular formula is C12H17O2Si+. The molecule has 1 aromatic rings. The summed E-state index contributed by atoms with van der Waals surface area (Å²) in [6, 6.07) is 7.26. The van der Waals surface area contributed by atoms with Crippen molar-refractivity contribution in [2.45, 2.75) is 32.4 Å². The monoisotopic (exact) mass is 221 g/mol. The van der Waals surface area contributed by atoms with Crippen molar-refractivity contribution in [2.75, 3.05) is 0 Å². The van der Waals surface area contributed by atoms with Gasteiger partial charge in [-0.2, -0.15) is 0 Å². The summed E-state index contributed by atoms with van der Waals surface area (Å²) in [5, 5.41) is 0.216. The van der Waals surface area contributed by atoms with E-state index in [4.69, 9.17) is 4.43 Å². The summed E-state index contributed by atoms with van der Waals surface area (Å²) >= 11 is 0. The molecule has 0 radical (unpaired) electrons. The lowest BCUT2D eigenvalue weighted by Crippen LogP contribution is -2.28. The molecule has 0 aliphatic rings. The summed E-state index contributed by atoms with van der Waals surface area (Å²) in [6.45, 7) is 8.70. The normalized spacial score (nSPS) is 10.9. The van der Waals surface area contributed by atoms with Gasteiger partial charge in [-0.25, -0.2) is 0 Å². The van der Waals surface area contributed by atoms with Crippen molar-refractivity contribution >= 4 is 15.3 Å². The first-order valence-electron chi connectivity index (χ1n) is 5.00. The van der Waals surface area contributed by atoms with Crippen molar-refractivity contribution in [2.24, 2.45) is 0 Å². The first-order chi connectivity index (χ1) is 6.93. The third-order valence-corrected chi connectivity index (χ3v) is 5.00. The van der Waals surface area contributed by atoms with Gasteiger partial charge in [0, 0.05) is 5.56 Å². The minimum atomic E-state index is -0.865. The summed E-state index contributed by atoms with van der Waals surface area (Å²) in [7, 11) is -0.865. The van der Waals surface area contributed by atoms with E-state index < -0.39 is 9.04 Å². The van der Waals surface area contributed by atoms with Crippen molar-refractivity contribution in [3.63, 3.8) is 0 Å². The lowest BCUT2D eigenvalue weighted by atomic mass is 10.2. The molecule has 0 N–H and O–H groups in total. The maximum absolute atomic E-state index is 10.5. The van der Waals surface area contributed by atoms with E-state index in [1.165, 1.54) is 0 Å². The van der Waals surface area contributed by atoms with Gasteiger partial charge >= 0.3 is 9.04 Å². The smallest absolute Gasteiger partial charge is 0.353 e. The minimum absolute atomic E-state index is 0.216. The second kappa shape index (κ2) is 4.62. The molecule has 1 aromatic carbocycles. The van der Waals surface area contributed by atoms with Gasteiger partial charge in [0.1, 0.15) is 11.3 Å². The highest BCUT2D eigenvalue weighted by Gasteiger charge is 2.40. The maximum Gasteiger partial charge on any atom is 0.544 e. The van der Waals surface area contributed by atoms with E-state index in [9.17, 15) is 4.79 Å². The van der Waals surface area contributed by atoms with Gasteiger partial charge in [-0.05, 0) is 45.0 Å². The van der Waals surface area contributed by atoms with Crippen LogP contribution in [0.5, 0.6) is 5.75 Å². The summed E-state index contributed by atoms with van der Waals surface area (Å²) < 4.78 is 5.86. The molecule has 0 amide bonds. The summed E-state index contributed by atoms with van der Waals surface area (Å²) in [5.74, 6) is 0.854. The molecule has 0 fully saturated rings. The zero-order valence-electron chi connectivity index (χ0n) is 9.70. The molecule has 0 spiro atoms. The molecule has 0 saturated carbocycles. The molecule has 1 rings (SSSR count). The second-order valence-electron chi connectivity index (χ2n) is 4.60. The van der Waals surface area contributed by atoms with Crippen molar-refractivity contribution < 1.29 is 9.22 Å². The van der Waals surface area contributed by atoms with Crippen LogP contribution in [0.15, 0.2) is 24.3 Å². The molecule has 0 aromatic heterocycles. The van der Waals surface area contributed by atoms with Crippen molar-refractivity contribution in [1.29, 1.82) is 0 Å². The van der Waals surface area contributed by atoms with Crippen LogP contribution in [-0.4, -0.2) is 15.3 Å². The van der Waals surface area contributed by atoms with Crippen molar-refractivity contribution in [3.8, 4) is 5.75 Å². The Balaban J connectivity index is 2.69. The molecular weight excluding hydrogens is 204 g/mol. The highest BCUT2D eigenvalue weighted by molar-refractivity contribution is 6.54. The fraction of sp³-hybridized carbons (Fsp3) is 0.417. The lowest BCUT2D eigenvalue weighted by molar-refractivity contribution is 0.112. The van der Waals surface area contributed by atoms with E-state index in [0.717, 1.165) is 12.0 Å². The SMILES string of the molecule is C[Si+](Oc1ccc(C=O)cc1)C(C)(C)C. The Morgan fingerprint density at radius 2 is 1.73 bits per heavy atom. The van der Waals surface area contributed by atoms with Crippen molar-refractivity contribution in [1.82, 2.24) is 0 Å². The lowest BCUT2D eigenvalue weighted by Gasteiger charge is -2.11. The Bertz CT molecular complexity index is 324. The number of aldehydes is 1. The quantitative estimate of drug-likeness (QED) is 0.578. The average molecular weight is 221 g/mol. The second-order valence-corrected chi connectivity index (χ2v) is 7.41. The minimum Gasteiger partial charge on any atom is -0.353 e. The van der Waals surface area contributed by atoms with Crippen LogP contribution in [0.4, 0.5) is 0 Å². The molecule has 2 nitrogen and oxygen atoms in total.